The van der Waals surface area contributed by atoms with Crippen LogP contribution in [-0.4, -0.2) is 48.5 Å². The molecule has 0 saturated carbocycles. The molecular weight excluding hydrogens is 368 g/mol. The third-order valence-corrected chi connectivity index (χ3v) is 4.74. The van der Waals surface area contributed by atoms with Crippen LogP contribution in [0.4, 0.5) is 0 Å². The maximum absolute atomic E-state index is 13.0. The Morgan fingerprint density at radius 2 is 2.00 bits per heavy atom. The van der Waals surface area contributed by atoms with Gasteiger partial charge in [-0.15, -0.1) is 12.4 Å². The number of carbonyl (C=O) groups is 1. The smallest absolute Gasteiger partial charge is 0.248 e. The number of carbonyl (C=O) groups excluding carboxylic acids is 1. The number of ether oxygens (including phenoxy) is 2. The number of piperidine rings is 1. The van der Waals surface area contributed by atoms with Crippen LogP contribution in [0.25, 0.3) is 0 Å². The first-order valence-electron chi connectivity index (χ1n) is 8.94. The highest BCUT2D eigenvalue weighted by atomic mass is 35.5. The van der Waals surface area contributed by atoms with E-state index in [4.69, 9.17) is 9.47 Å². The summed E-state index contributed by atoms with van der Waals surface area (Å²) in [7, 11) is 1.61. The van der Waals surface area contributed by atoms with Gasteiger partial charge in [0.15, 0.2) is 11.5 Å². The highest BCUT2D eigenvalue weighted by Gasteiger charge is 2.41. The first-order valence-corrected chi connectivity index (χ1v) is 8.94. The second-order valence-electron chi connectivity index (χ2n) is 6.52. The maximum Gasteiger partial charge on any atom is 0.248 e. The summed E-state index contributed by atoms with van der Waals surface area (Å²) >= 11 is 0. The van der Waals surface area contributed by atoms with Crippen molar-refractivity contribution in [2.75, 3.05) is 26.7 Å². The van der Waals surface area contributed by atoms with E-state index in [1.807, 2.05) is 43.5 Å². The number of rotatable bonds is 7. The Balaban J connectivity index is 0.00000261. The lowest BCUT2D eigenvalue weighted by atomic mass is 9.87. The Bertz CT molecular complexity index is 718. The van der Waals surface area contributed by atoms with E-state index >= 15 is 0 Å². The molecule has 8 heteroatoms. The number of halogens is 1. The van der Waals surface area contributed by atoms with Crippen LogP contribution in [0.1, 0.15) is 19.8 Å². The minimum atomic E-state index is -0.640. The predicted octanol–water partition coefficient (Wildman–Crippen LogP) is 1.98. The monoisotopic (exact) mass is 394 g/mol. The largest absolute Gasteiger partial charge is 0.493 e. The van der Waals surface area contributed by atoms with Crippen molar-refractivity contribution in [1.29, 1.82) is 0 Å². The van der Waals surface area contributed by atoms with Crippen LogP contribution in [0.3, 0.4) is 0 Å². The summed E-state index contributed by atoms with van der Waals surface area (Å²) in [5, 5.41) is 10.7. The van der Waals surface area contributed by atoms with Crippen molar-refractivity contribution >= 4 is 18.3 Å². The molecule has 1 unspecified atom stereocenters. The third-order valence-electron chi connectivity index (χ3n) is 4.74. The van der Waals surface area contributed by atoms with E-state index in [2.05, 4.69) is 15.7 Å². The molecule has 0 radical (unpaired) electrons. The molecule has 2 N–H and O–H groups in total. The van der Waals surface area contributed by atoms with E-state index in [0.717, 1.165) is 13.1 Å². The van der Waals surface area contributed by atoms with Gasteiger partial charge in [-0.1, -0.05) is 12.1 Å². The Kier molecular flexibility index (Phi) is 7.50. The van der Waals surface area contributed by atoms with Gasteiger partial charge < -0.3 is 20.1 Å². The number of benzene rings is 1. The molecule has 2 heterocycles. The molecule has 2 aromatic rings. The molecule has 1 amide bonds. The Morgan fingerprint density at radius 1 is 1.30 bits per heavy atom. The van der Waals surface area contributed by atoms with Crippen LogP contribution >= 0.6 is 12.4 Å². The normalized spacial score (nSPS) is 16.7. The number of nitrogens with one attached hydrogen (secondary N) is 2. The average molecular weight is 395 g/mol. The molecule has 148 valence electrons. The van der Waals surface area contributed by atoms with Crippen LogP contribution in [0.2, 0.25) is 0 Å². The zero-order valence-corrected chi connectivity index (χ0v) is 16.5. The van der Waals surface area contributed by atoms with E-state index in [0.29, 0.717) is 30.9 Å². The zero-order chi connectivity index (χ0) is 18.4. The average Bonchev–Trinajstić information content (AvgIpc) is 3.22. The van der Waals surface area contributed by atoms with Crippen molar-refractivity contribution in [2.45, 2.75) is 31.4 Å². The van der Waals surface area contributed by atoms with Gasteiger partial charge in [-0.25, -0.2) is 0 Å². The van der Waals surface area contributed by atoms with Crippen molar-refractivity contribution in [2.24, 2.45) is 0 Å². The number of aromatic nitrogens is 2. The van der Waals surface area contributed by atoms with Crippen molar-refractivity contribution in [3.05, 3.63) is 42.7 Å². The van der Waals surface area contributed by atoms with Gasteiger partial charge in [0.05, 0.1) is 13.7 Å². The molecule has 3 rings (SSSR count). The first-order chi connectivity index (χ1) is 12.7. The molecular formula is C19H27ClN4O3. The fraction of sp³-hybridized carbons (Fsp3) is 0.474. The molecule has 0 aliphatic carbocycles. The number of methoxy groups -OCH3 is 1. The van der Waals surface area contributed by atoms with E-state index in [1.54, 1.807) is 18.0 Å². The van der Waals surface area contributed by atoms with Crippen molar-refractivity contribution in [3.63, 3.8) is 0 Å². The SMILES string of the molecule is COc1ccccc1OC(C)CNC(=O)C1(n2cccn2)CCNCC1.Cl. The summed E-state index contributed by atoms with van der Waals surface area (Å²) in [6.07, 6.45) is 4.81. The maximum atomic E-state index is 13.0. The highest BCUT2D eigenvalue weighted by molar-refractivity contribution is 5.85. The fourth-order valence-corrected chi connectivity index (χ4v) is 3.30. The summed E-state index contributed by atoms with van der Waals surface area (Å²) < 4.78 is 13.0. The van der Waals surface area contributed by atoms with E-state index in [9.17, 15) is 4.79 Å². The van der Waals surface area contributed by atoms with E-state index in [-0.39, 0.29) is 24.4 Å². The van der Waals surface area contributed by atoms with Crippen molar-refractivity contribution in [1.82, 2.24) is 20.4 Å². The fourth-order valence-electron chi connectivity index (χ4n) is 3.30. The standard InChI is InChI=1S/C19H26N4O3.ClH/c1-15(26-17-7-4-3-6-16(17)25-2)14-21-18(24)19(8-11-20-12-9-19)23-13-5-10-22-23;/h3-7,10,13,15,20H,8-9,11-12,14H2,1-2H3,(H,21,24);1H. The van der Waals surface area contributed by atoms with Crippen LogP contribution in [0, 0.1) is 0 Å². The quantitative estimate of drug-likeness (QED) is 0.750. The van der Waals surface area contributed by atoms with Crippen LogP contribution in [-0.2, 0) is 10.3 Å². The Labute approximate surface area is 165 Å². The van der Waals surface area contributed by atoms with Gasteiger partial charge in [-0.2, -0.15) is 5.10 Å². The van der Waals surface area contributed by atoms with Gasteiger partial charge in [0.25, 0.3) is 0 Å². The molecule has 1 aromatic heterocycles. The molecule has 0 spiro atoms. The topological polar surface area (TPSA) is 77.4 Å². The summed E-state index contributed by atoms with van der Waals surface area (Å²) in [5.41, 5.74) is -0.640. The van der Waals surface area contributed by atoms with E-state index in [1.165, 1.54) is 0 Å². The number of nitrogens with zero attached hydrogens (tertiary/aromatic N) is 2. The first kappa shape index (κ1) is 21.1. The molecule has 1 aliphatic heterocycles. The Morgan fingerprint density at radius 3 is 2.63 bits per heavy atom. The van der Waals surface area contributed by atoms with Gasteiger partial charge in [-0.05, 0) is 51.1 Å². The lowest BCUT2D eigenvalue weighted by Crippen LogP contribution is -2.55. The molecule has 27 heavy (non-hydrogen) atoms. The number of para-hydroxylation sites is 2. The second-order valence-corrected chi connectivity index (χ2v) is 6.52. The molecule has 1 fully saturated rings. The summed E-state index contributed by atoms with van der Waals surface area (Å²) in [6, 6.07) is 9.34. The van der Waals surface area contributed by atoms with Crippen LogP contribution < -0.4 is 20.1 Å². The minimum absolute atomic E-state index is 0. The summed E-state index contributed by atoms with van der Waals surface area (Å²) in [4.78, 5) is 13.0. The molecule has 1 atom stereocenters. The lowest BCUT2D eigenvalue weighted by Gasteiger charge is -2.36. The highest BCUT2D eigenvalue weighted by Crippen LogP contribution is 2.28. The van der Waals surface area contributed by atoms with Gasteiger partial charge in [0.2, 0.25) is 5.91 Å². The van der Waals surface area contributed by atoms with E-state index < -0.39 is 5.54 Å². The molecule has 7 nitrogen and oxygen atoms in total. The number of amides is 1. The number of hydrogen-bond acceptors (Lipinski definition) is 5. The molecule has 1 saturated heterocycles. The number of hydrogen-bond donors (Lipinski definition) is 2. The Hall–Kier alpha value is -2.25. The van der Waals surface area contributed by atoms with Gasteiger partial charge in [0.1, 0.15) is 11.6 Å². The van der Waals surface area contributed by atoms with Crippen LogP contribution in [0.5, 0.6) is 11.5 Å². The van der Waals surface area contributed by atoms with Crippen LogP contribution in [0.15, 0.2) is 42.7 Å². The van der Waals surface area contributed by atoms with Crippen molar-refractivity contribution in [3.8, 4) is 11.5 Å². The second kappa shape index (κ2) is 9.62. The predicted molar refractivity (Wildman–Crippen MR) is 106 cm³/mol. The summed E-state index contributed by atoms with van der Waals surface area (Å²) in [5.74, 6) is 1.33. The third kappa shape index (κ3) is 4.73. The molecule has 1 aromatic carbocycles. The molecule has 1 aliphatic rings. The van der Waals surface area contributed by atoms with Gasteiger partial charge in [0, 0.05) is 12.4 Å². The minimum Gasteiger partial charge on any atom is -0.493 e. The van der Waals surface area contributed by atoms with Gasteiger partial charge in [-0.3, -0.25) is 9.48 Å². The summed E-state index contributed by atoms with van der Waals surface area (Å²) in [6.45, 7) is 3.92. The zero-order valence-electron chi connectivity index (χ0n) is 15.7. The van der Waals surface area contributed by atoms with Gasteiger partial charge >= 0.3 is 0 Å². The lowest BCUT2D eigenvalue weighted by molar-refractivity contribution is -0.132. The van der Waals surface area contributed by atoms with Crippen molar-refractivity contribution < 1.29 is 14.3 Å². The molecule has 0 bridgehead atoms.